The van der Waals surface area contributed by atoms with E-state index in [4.69, 9.17) is 5.11 Å². The number of hydrogen-bond acceptors (Lipinski definition) is 4. The Labute approximate surface area is 82.8 Å². The van der Waals surface area contributed by atoms with E-state index in [1.165, 1.54) is 0 Å². The van der Waals surface area contributed by atoms with Crippen LogP contribution in [0.1, 0.15) is 31.3 Å². The second kappa shape index (κ2) is 5.32. The minimum Gasteiger partial charge on any atom is -0.394 e. The van der Waals surface area contributed by atoms with Gasteiger partial charge >= 0.3 is 0 Å². The molecule has 3 nitrogen and oxygen atoms in total. The summed E-state index contributed by atoms with van der Waals surface area (Å²) in [5, 5.41) is 15.4. The van der Waals surface area contributed by atoms with Crippen molar-refractivity contribution in [2.45, 2.75) is 32.4 Å². The van der Waals surface area contributed by atoms with Crippen LogP contribution < -0.4 is 5.32 Å². The molecule has 0 saturated carbocycles. The maximum atomic E-state index is 9.15. The lowest BCUT2D eigenvalue weighted by molar-refractivity contribution is 0.234. The van der Waals surface area contributed by atoms with Gasteiger partial charge in [-0.25, -0.2) is 4.98 Å². The summed E-state index contributed by atoms with van der Waals surface area (Å²) in [6.45, 7) is 4.34. The molecule has 2 N–H and O–H groups in total. The van der Waals surface area contributed by atoms with Gasteiger partial charge in [0.25, 0.3) is 0 Å². The molecular weight excluding hydrogens is 184 g/mol. The molecule has 0 aliphatic carbocycles. The van der Waals surface area contributed by atoms with Gasteiger partial charge < -0.3 is 10.4 Å². The number of aliphatic hydroxyl groups is 1. The van der Waals surface area contributed by atoms with Crippen LogP contribution in [0.15, 0.2) is 11.6 Å². The summed E-state index contributed by atoms with van der Waals surface area (Å²) in [6.07, 6.45) is 2.82. The van der Waals surface area contributed by atoms with Crippen molar-refractivity contribution in [3.05, 3.63) is 16.6 Å². The molecule has 0 aliphatic heterocycles. The number of aromatic nitrogens is 1. The summed E-state index contributed by atoms with van der Waals surface area (Å²) in [4.78, 5) is 4.17. The smallest absolute Gasteiger partial charge is 0.112 e. The third-order valence-corrected chi connectivity index (χ3v) is 2.92. The van der Waals surface area contributed by atoms with E-state index in [1.54, 1.807) is 17.5 Å². The molecule has 0 amide bonds. The summed E-state index contributed by atoms with van der Waals surface area (Å²) in [7, 11) is 0. The van der Waals surface area contributed by atoms with Crippen molar-refractivity contribution in [1.82, 2.24) is 10.3 Å². The molecule has 0 aromatic carbocycles. The van der Waals surface area contributed by atoms with Crippen LogP contribution >= 0.6 is 11.3 Å². The van der Waals surface area contributed by atoms with Crippen LogP contribution in [0, 0.1) is 0 Å². The highest BCUT2D eigenvalue weighted by atomic mass is 32.1. The normalized spacial score (nSPS) is 15.6. The van der Waals surface area contributed by atoms with E-state index in [0.29, 0.717) is 6.04 Å². The SMILES string of the molecule is CCC(C)NC(CO)c1nccs1. The molecule has 4 heteroatoms. The van der Waals surface area contributed by atoms with Crippen LogP contribution in [-0.4, -0.2) is 22.7 Å². The van der Waals surface area contributed by atoms with Crippen molar-refractivity contribution >= 4 is 11.3 Å². The first kappa shape index (κ1) is 10.6. The van der Waals surface area contributed by atoms with E-state index >= 15 is 0 Å². The predicted molar refractivity (Wildman–Crippen MR) is 54.8 cm³/mol. The molecule has 0 bridgehead atoms. The number of rotatable bonds is 5. The van der Waals surface area contributed by atoms with Gasteiger partial charge in [0.15, 0.2) is 0 Å². The van der Waals surface area contributed by atoms with Gasteiger partial charge in [-0.05, 0) is 13.3 Å². The fourth-order valence-electron chi connectivity index (χ4n) is 1.07. The summed E-state index contributed by atoms with van der Waals surface area (Å²) < 4.78 is 0. The monoisotopic (exact) mass is 200 g/mol. The van der Waals surface area contributed by atoms with Gasteiger partial charge in [-0.2, -0.15) is 0 Å². The van der Waals surface area contributed by atoms with E-state index in [0.717, 1.165) is 11.4 Å². The lowest BCUT2D eigenvalue weighted by atomic mass is 10.2. The molecule has 0 saturated heterocycles. The molecule has 2 unspecified atom stereocenters. The van der Waals surface area contributed by atoms with Gasteiger partial charge in [-0.1, -0.05) is 6.92 Å². The number of thiazole rings is 1. The Kier molecular flexibility index (Phi) is 4.35. The molecule has 1 rings (SSSR count). The Balaban J connectivity index is 2.53. The molecule has 0 aliphatic rings. The van der Waals surface area contributed by atoms with Gasteiger partial charge in [0.1, 0.15) is 5.01 Å². The highest BCUT2D eigenvalue weighted by molar-refractivity contribution is 7.09. The Hall–Kier alpha value is -0.450. The van der Waals surface area contributed by atoms with E-state index in [9.17, 15) is 0 Å². The summed E-state index contributed by atoms with van der Waals surface area (Å²) in [6, 6.07) is 0.413. The molecule has 2 atom stereocenters. The lowest BCUT2D eigenvalue weighted by Crippen LogP contribution is -2.32. The van der Waals surface area contributed by atoms with E-state index in [2.05, 4.69) is 24.1 Å². The second-order valence-corrected chi connectivity index (χ2v) is 4.01. The molecule has 1 heterocycles. The lowest BCUT2D eigenvalue weighted by Gasteiger charge is -2.18. The molecule has 0 radical (unpaired) electrons. The summed E-state index contributed by atoms with van der Waals surface area (Å²) in [5.41, 5.74) is 0. The molecule has 1 aromatic heterocycles. The van der Waals surface area contributed by atoms with Crippen LogP contribution in [0.4, 0.5) is 0 Å². The van der Waals surface area contributed by atoms with Crippen molar-refractivity contribution in [3.8, 4) is 0 Å². The molecule has 0 fully saturated rings. The first-order chi connectivity index (χ1) is 6.27. The van der Waals surface area contributed by atoms with Crippen LogP contribution in [0.5, 0.6) is 0 Å². The third kappa shape index (κ3) is 3.06. The minimum absolute atomic E-state index is 0.00468. The quantitative estimate of drug-likeness (QED) is 0.758. The second-order valence-electron chi connectivity index (χ2n) is 3.08. The van der Waals surface area contributed by atoms with Crippen molar-refractivity contribution in [2.75, 3.05) is 6.61 Å². The fraction of sp³-hybridized carbons (Fsp3) is 0.667. The average molecular weight is 200 g/mol. The highest BCUT2D eigenvalue weighted by Crippen LogP contribution is 2.15. The number of nitrogens with one attached hydrogen (secondary N) is 1. The number of aliphatic hydroxyl groups excluding tert-OH is 1. The topological polar surface area (TPSA) is 45.1 Å². The van der Waals surface area contributed by atoms with E-state index in [1.807, 2.05) is 5.38 Å². The fourth-order valence-corrected chi connectivity index (χ4v) is 1.76. The molecule has 74 valence electrons. The Morgan fingerprint density at radius 1 is 1.69 bits per heavy atom. The maximum Gasteiger partial charge on any atom is 0.112 e. The van der Waals surface area contributed by atoms with E-state index in [-0.39, 0.29) is 12.6 Å². The first-order valence-electron chi connectivity index (χ1n) is 4.54. The maximum absolute atomic E-state index is 9.15. The largest absolute Gasteiger partial charge is 0.394 e. The standard InChI is InChI=1S/C9H16N2OS/c1-3-7(2)11-8(6-12)9-10-4-5-13-9/h4-5,7-8,11-12H,3,6H2,1-2H3. The van der Waals surface area contributed by atoms with Crippen LogP contribution in [0.3, 0.4) is 0 Å². The summed E-state index contributed by atoms with van der Waals surface area (Å²) >= 11 is 1.57. The highest BCUT2D eigenvalue weighted by Gasteiger charge is 2.14. The van der Waals surface area contributed by atoms with Crippen molar-refractivity contribution in [1.29, 1.82) is 0 Å². The van der Waals surface area contributed by atoms with Crippen LogP contribution in [-0.2, 0) is 0 Å². The van der Waals surface area contributed by atoms with Crippen molar-refractivity contribution in [2.24, 2.45) is 0 Å². The van der Waals surface area contributed by atoms with Crippen LogP contribution in [0.2, 0.25) is 0 Å². The third-order valence-electron chi connectivity index (χ3n) is 2.03. The zero-order valence-corrected chi connectivity index (χ0v) is 8.84. The van der Waals surface area contributed by atoms with Gasteiger partial charge in [0, 0.05) is 17.6 Å². The van der Waals surface area contributed by atoms with Gasteiger partial charge in [-0.15, -0.1) is 11.3 Å². The Morgan fingerprint density at radius 3 is 2.92 bits per heavy atom. The van der Waals surface area contributed by atoms with E-state index < -0.39 is 0 Å². The average Bonchev–Trinajstić information content (AvgIpc) is 2.66. The predicted octanol–water partition coefficient (Wildman–Crippen LogP) is 1.56. The first-order valence-corrected chi connectivity index (χ1v) is 5.42. The molecule has 13 heavy (non-hydrogen) atoms. The Morgan fingerprint density at radius 2 is 2.46 bits per heavy atom. The van der Waals surface area contributed by atoms with Gasteiger partial charge in [0.05, 0.1) is 12.6 Å². The zero-order chi connectivity index (χ0) is 9.68. The molecular formula is C9H16N2OS. The van der Waals surface area contributed by atoms with Crippen LogP contribution in [0.25, 0.3) is 0 Å². The van der Waals surface area contributed by atoms with Gasteiger partial charge in [-0.3, -0.25) is 0 Å². The Bertz CT molecular complexity index is 226. The van der Waals surface area contributed by atoms with Crippen molar-refractivity contribution < 1.29 is 5.11 Å². The minimum atomic E-state index is -0.00468. The zero-order valence-electron chi connectivity index (χ0n) is 8.03. The van der Waals surface area contributed by atoms with Crippen molar-refractivity contribution in [3.63, 3.8) is 0 Å². The van der Waals surface area contributed by atoms with Gasteiger partial charge in [0.2, 0.25) is 0 Å². The number of hydrogen-bond donors (Lipinski definition) is 2. The number of nitrogens with zero attached hydrogens (tertiary/aromatic N) is 1. The summed E-state index contributed by atoms with van der Waals surface area (Å²) in [5.74, 6) is 0. The molecule has 1 aromatic rings. The molecule has 0 spiro atoms.